The van der Waals surface area contributed by atoms with E-state index in [0.29, 0.717) is 11.8 Å². The van der Waals surface area contributed by atoms with Crippen molar-refractivity contribution in [1.29, 1.82) is 0 Å². The third-order valence-corrected chi connectivity index (χ3v) is 7.24. The van der Waals surface area contributed by atoms with Gasteiger partial charge >= 0.3 is 0 Å². The second-order valence-electron chi connectivity index (χ2n) is 11.0. The van der Waals surface area contributed by atoms with Crippen LogP contribution in [0.4, 0.5) is 0 Å². The minimum atomic E-state index is 0.315. The SMILES string of the molecule is CCCCCC=CCC=CCCCCCCCCCC(CCCCCCCCC)CC(=O)N(C)C. The van der Waals surface area contributed by atoms with Crippen LogP contribution in [-0.2, 0) is 4.79 Å². The molecule has 0 saturated heterocycles. The van der Waals surface area contributed by atoms with Gasteiger partial charge in [0.05, 0.1) is 0 Å². The quantitative estimate of drug-likeness (QED) is 0.0873. The molecule has 1 amide bonds. The molecule has 1 atom stereocenters. The average Bonchev–Trinajstić information content (AvgIpc) is 2.84. The summed E-state index contributed by atoms with van der Waals surface area (Å²) in [6.45, 7) is 4.54. The maximum Gasteiger partial charge on any atom is 0.222 e. The maximum absolute atomic E-state index is 12.3. The number of hydrogen-bond acceptors (Lipinski definition) is 1. The lowest BCUT2D eigenvalue weighted by molar-refractivity contribution is -0.129. The molecule has 0 heterocycles. The zero-order chi connectivity index (χ0) is 25.8. The summed E-state index contributed by atoms with van der Waals surface area (Å²) in [7, 11) is 3.80. The van der Waals surface area contributed by atoms with Crippen molar-refractivity contribution < 1.29 is 4.79 Å². The first-order valence-electron chi connectivity index (χ1n) is 15.6. The van der Waals surface area contributed by atoms with Gasteiger partial charge in [-0.2, -0.15) is 0 Å². The van der Waals surface area contributed by atoms with Crippen LogP contribution in [0.2, 0.25) is 0 Å². The molecule has 2 nitrogen and oxygen atoms in total. The van der Waals surface area contributed by atoms with E-state index in [0.717, 1.165) is 12.8 Å². The second-order valence-corrected chi connectivity index (χ2v) is 11.0. The van der Waals surface area contributed by atoms with Gasteiger partial charge in [-0.25, -0.2) is 0 Å². The van der Waals surface area contributed by atoms with Crippen molar-refractivity contribution in [1.82, 2.24) is 4.90 Å². The van der Waals surface area contributed by atoms with Gasteiger partial charge in [0.1, 0.15) is 0 Å². The number of amides is 1. The van der Waals surface area contributed by atoms with Crippen molar-refractivity contribution in [2.24, 2.45) is 5.92 Å². The molecule has 0 aliphatic carbocycles. The molecule has 0 saturated carbocycles. The van der Waals surface area contributed by atoms with Crippen LogP contribution in [0.15, 0.2) is 24.3 Å². The molecule has 0 spiro atoms. The summed E-state index contributed by atoms with van der Waals surface area (Å²) in [6.07, 6.45) is 39.2. The second kappa shape index (κ2) is 27.5. The Morgan fingerprint density at radius 1 is 0.571 bits per heavy atom. The van der Waals surface area contributed by atoms with E-state index in [1.807, 2.05) is 14.1 Å². The fourth-order valence-electron chi connectivity index (χ4n) is 4.77. The van der Waals surface area contributed by atoms with E-state index in [1.165, 1.54) is 135 Å². The van der Waals surface area contributed by atoms with Gasteiger partial charge in [0, 0.05) is 20.5 Å². The van der Waals surface area contributed by atoms with Crippen molar-refractivity contribution in [2.45, 2.75) is 162 Å². The Bertz CT molecular complexity index is 493. The van der Waals surface area contributed by atoms with Crippen molar-refractivity contribution in [3.63, 3.8) is 0 Å². The molecule has 0 aromatic heterocycles. The maximum atomic E-state index is 12.3. The van der Waals surface area contributed by atoms with Crippen LogP contribution in [0.3, 0.4) is 0 Å². The molecule has 0 fully saturated rings. The Morgan fingerprint density at radius 2 is 0.971 bits per heavy atom. The molecule has 0 aliphatic rings. The molecule has 2 heteroatoms. The Morgan fingerprint density at radius 3 is 1.46 bits per heavy atom. The minimum absolute atomic E-state index is 0.315. The Kier molecular flexibility index (Phi) is 26.7. The zero-order valence-electron chi connectivity index (χ0n) is 24.5. The highest BCUT2D eigenvalue weighted by Gasteiger charge is 2.15. The van der Waals surface area contributed by atoms with E-state index in [-0.39, 0.29) is 0 Å². The van der Waals surface area contributed by atoms with Crippen molar-refractivity contribution >= 4 is 5.91 Å². The Hall–Kier alpha value is -1.05. The lowest BCUT2D eigenvalue weighted by Crippen LogP contribution is -2.24. The highest BCUT2D eigenvalue weighted by molar-refractivity contribution is 5.75. The third-order valence-electron chi connectivity index (χ3n) is 7.24. The average molecular weight is 490 g/mol. The molecule has 0 aromatic rings. The molecular weight excluding hydrogens is 426 g/mol. The first-order chi connectivity index (χ1) is 17.1. The lowest BCUT2D eigenvalue weighted by Gasteiger charge is -2.19. The van der Waals surface area contributed by atoms with E-state index < -0.39 is 0 Å². The molecule has 0 aromatic carbocycles. The van der Waals surface area contributed by atoms with Gasteiger partial charge in [-0.1, -0.05) is 134 Å². The molecule has 0 rings (SSSR count). The van der Waals surface area contributed by atoms with Crippen LogP contribution >= 0.6 is 0 Å². The van der Waals surface area contributed by atoms with Crippen LogP contribution in [0.5, 0.6) is 0 Å². The predicted octanol–water partition coefficient (Wildman–Crippen LogP) is 10.8. The standard InChI is InChI=1S/C33H63NO/c1-5-7-9-11-13-14-15-16-17-18-19-20-21-22-24-26-28-30-32(31-33(35)34(3)4)29-27-25-23-12-10-8-6-2/h13-14,16-17,32H,5-12,15,18-31H2,1-4H3. The number of carbonyl (C=O) groups is 1. The normalized spacial score (nSPS) is 12.7. The molecule has 0 bridgehead atoms. The molecule has 1 unspecified atom stereocenters. The molecule has 0 N–H and O–H groups in total. The van der Waals surface area contributed by atoms with Gasteiger partial charge in [-0.05, 0) is 50.9 Å². The summed E-state index contributed by atoms with van der Waals surface area (Å²) in [5.74, 6) is 0.911. The van der Waals surface area contributed by atoms with Gasteiger partial charge in [0.15, 0.2) is 0 Å². The zero-order valence-corrected chi connectivity index (χ0v) is 24.5. The van der Waals surface area contributed by atoms with E-state index in [1.54, 1.807) is 4.90 Å². The molecule has 35 heavy (non-hydrogen) atoms. The van der Waals surface area contributed by atoms with Crippen molar-refractivity contribution in [3.05, 3.63) is 24.3 Å². The first-order valence-corrected chi connectivity index (χ1v) is 15.6. The number of carbonyl (C=O) groups excluding carboxylic acids is 1. The summed E-state index contributed by atoms with van der Waals surface area (Å²) in [4.78, 5) is 14.0. The number of hydrogen-bond donors (Lipinski definition) is 0. The van der Waals surface area contributed by atoms with Crippen LogP contribution in [0, 0.1) is 5.92 Å². The van der Waals surface area contributed by atoms with Crippen LogP contribution in [0.25, 0.3) is 0 Å². The van der Waals surface area contributed by atoms with E-state index in [9.17, 15) is 4.79 Å². The Labute approximate surface area is 221 Å². The lowest BCUT2D eigenvalue weighted by atomic mass is 9.91. The third kappa shape index (κ3) is 25.8. The number of nitrogens with zero attached hydrogens (tertiary/aromatic N) is 1. The summed E-state index contributed by atoms with van der Waals surface area (Å²) < 4.78 is 0. The number of unbranched alkanes of at least 4 members (excludes halogenated alkanes) is 16. The first kappa shape index (κ1) is 34.0. The smallest absolute Gasteiger partial charge is 0.222 e. The summed E-state index contributed by atoms with van der Waals surface area (Å²) in [6, 6.07) is 0. The van der Waals surface area contributed by atoms with Crippen LogP contribution in [-0.4, -0.2) is 24.9 Å². The van der Waals surface area contributed by atoms with Crippen LogP contribution in [0.1, 0.15) is 162 Å². The van der Waals surface area contributed by atoms with Crippen molar-refractivity contribution in [2.75, 3.05) is 14.1 Å². The highest BCUT2D eigenvalue weighted by Crippen LogP contribution is 2.23. The Balaban J connectivity index is 3.74. The highest BCUT2D eigenvalue weighted by atomic mass is 16.2. The number of allylic oxidation sites excluding steroid dienone is 4. The molecule has 0 aliphatic heterocycles. The molecule has 0 radical (unpaired) electrons. The summed E-state index contributed by atoms with van der Waals surface area (Å²) in [5.41, 5.74) is 0. The fourth-order valence-corrected chi connectivity index (χ4v) is 4.77. The topological polar surface area (TPSA) is 20.3 Å². The predicted molar refractivity (Wildman–Crippen MR) is 158 cm³/mol. The van der Waals surface area contributed by atoms with Crippen molar-refractivity contribution in [3.8, 4) is 0 Å². The molecular formula is C33H63NO. The summed E-state index contributed by atoms with van der Waals surface area (Å²) in [5, 5.41) is 0. The summed E-state index contributed by atoms with van der Waals surface area (Å²) >= 11 is 0. The largest absolute Gasteiger partial charge is 0.349 e. The van der Waals surface area contributed by atoms with E-state index in [4.69, 9.17) is 0 Å². The minimum Gasteiger partial charge on any atom is -0.349 e. The van der Waals surface area contributed by atoms with E-state index >= 15 is 0 Å². The van der Waals surface area contributed by atoms with Gasteiger partial charge < -0.3 is 4.90 Å². The van der Waals surface area contributed by atoms with E-state index in [2.05, 4.69) is 38.2 Å². The van der Waals surface area contributed by atoms with Gasteiger partial charge in [-0.15, -0.1) is 0 Å². The molecule has 206 valence electrons. The number of rotatable bonds is 26. The fraction of sp³-hybridized carbons (Fsp3) is 0.848. The monoisotopic (exact) mass is 489 g/mol. The van der Waals surface area contributed by atoms with Gasteiger partial charge in [0.2, 0.25) is 5.91 Å². The van der Waals surface area contributed by atoms with Crippen LogP contribution < -0.4 is 0 Å². The van der Waals surface area contributed by atoms with Gasteiger partial charge in [0.25, 0.3) is 0 Å². The van der Waals surface area contributed by atoms with Gasteiger partial charge in [-0.3, -0.25) is 4.79 Å².